The molecular weight excluding hydrogens is 402 g/mol. The van der Waals surface area contributed by atoms with Gasteiger partial charge in [-0.15, -0.1) is 0 Å². The quantitative estimate of drug-likeness (QED) is 0.499. The predicted octanol–water partition coefficient (Wildman–Crippen LogP) is 4.48. The van der Waals surface area contributed by atoms with Gasteiger partial charge in [0, 0.05) is 49.0 Å². The summed E-state index contributed by atoms with van der Waals surface area (Å²) in [5.74, 6) is 2.07. The molecule has 1 aliphatic heterocycles. The number of rotatable bonds is 7. The predicted molar refractivity (Wildman–Crippen MR) is 122 cm³/mol. The van der Waals surface area contributed by atoms with Crippen LogP contribution in [0.25, 0.3) is 0 Å². The summed E-state index contributed by atoms with van der Waals surface area (Å²) in [6, 6.07) is 13.8. The molecule has 0 saturated carbocycles. The summed E-state index contributed by atoms with van der Waals surface area (Å²) in [6.07, 6.45) is 1.80. The lowest BCUT2D eigenvalue weighted by molar-refractivity contribution is 0.0515. The van der Waals surface area contributed by atoms with Crippen molar-refractivity contribution in [2.24, 2.45) is 4.99 Å². The molecule has 162 valence electrons. The van der Waals surface area contributed by atoms with Crippen LogP contribution in [0.1, 0.15) is 25.3 Å². The first kappa shape index (κ1) is 22.2. The molecule has 2 aromatic carbocycles. The molecule has 0 aliphatic carbocycles. The molecule has 3 rings (SSSR count). The van der Waals surface area contributed by atoms with Crippen molar-refractivity contribution in [1.29, 1.82) is 0 Å². The van der Waals surface area contributed by atoms with Crippen molar-refractivity contribution in [3.8, 4) is 11.5 Å². The number of aliphatic imine (C=N–C) groups is 1. The number of guanidine groups is 1. The molecule has 0 radical (unpaired) electrons. The minimum absolute atomic E-state index is 0.107. The fourth-order valence-electron chi connectivity index (χ4n) is 3.79. The second-order valence-corrected chi connectivity index (χ2v) is 7.63. The third-order valence-electron chi connectivity index (χ3n) is 5.44. The average molecular weight is 432 g/mol. The van der Waals surface area contributed by atoms with Crippen LogP contribution < -0.4 is 20.1 Å². The SMILES string of the molecule is CCOc1cc(NC(=NC)NCC2(c3ccccc3Cl)CCOCC2)ccc1OC. The van der Waals surface area contributed by atoms with Gasteiger partial charge in [0.05, 0.1) is 13.7 Å². The van der Waals surface area contributed by atoms with Gasteiger partial charge in [-0.2, -0.15) is 0 Å². The fourth-order valence-corrected chi connectivity index (χ4v) is 4.12. The summed E-state index contributed by atoms with van der Waals surface area (Å²) >= 11 is 6.56. The van der Waals surface area contributed by atoms with Crippen LogP contribution in [-0.2, 0) is 10.2 Å². The number of methoxy groups -OCH3 is 1. The van der Waals surface area contributed by atoms with Crippen LogP contribution in [0.3, 0.4) is 0 Å². The van der Waals surface area contributed by atoms with Gasteiger partial charge >= 0.3 is 0 Å². The molecule has 1 fully saturated rings. The van der Waals surface area contributed by atoms with Crippen molar-refractivity contribution in [3.63, 3.8) is 0 Å². The molecule has 0 spiro atoms. The smallest absolute Gasteiger partial charge is 0.195 e. The zero-order valence-electron chi connectivity index (χ0n) is 17.8. The van der Waals surface area contributed by atoms with E-state index in [1.165, 1.54) is 0 Å². The van der Waals surface area contributed by atoms with Crippen LogP contribution in [0.15, 0.2) is 47.5 Å². The van der Waals surface area contributed by atoms with Gasteiger partial charge in [0.25, 0.3) is 0 Å². The molecular formula is C23H30ClN3O3. The number of nitrogens with one attached hydrogen (secondary N) is 2. The molecule has 0 atom stereocenters. The Morgan fingerprint density at radius 3 is 2.60 bits per heavy atom. The highest BCUT2D eigenvalue weighted by atomic mass is 35.5. The standard InChI is InChI=1S/C23H30ClN3O3/c1-4-30-21-15-17(9-10-20(21)28-3)27-22(25-2)26-16-23(11-13-29-14-12-23)18-7-5-6-8-19(18)24/h5-10,15H,4,11-14,16H2,1-3H3,(H2,25,26,27). The van der Waals surface area contributed by atoms with E-state index >= 15 is 0 Å². The summed E-state index contributed by atoms with van der Waals surface area (Å²) < 4.78 is 16.7. The molecule has 1 heterocycles. The van der Waals surface area contributed by atoms with E-state index in [4.69, 9.17) is 25.8 Å². The highest BCUT2D eigenvalue weighted by Crippen LogP contribution is 2.38. The number of nitrogens with zero attached hydrogens (tertiary/aromatic N) is 1. The van der Waals surface area contributed by atoms with Crippen molar-refractivity contribution < 1.29 is 14.2 Å². The van der Waals surface area contributed by atoms with Gasteiger partial charge in [-0.3, -0.25) is 4.99 Å². The number of hydrogen-bond acceptors (Lipinski definition) is 4. The van der Waals surface area contributed by atoms with E-state index in [9.17, 15) is 0 Å². The molecule has 0 unspecified atom stereocenters. The van der Waals surface area contributed by atoms with E-state index in [2.05, 4.69) is 21.7 Å². The van der Waals surface area contributed by atoms with E-state index in [-0.39, 0.29) is 5.41 Å². The van der Waals surface area contributed by atoms with Gasteiger partial charge in [0.1, 0.15) is 0 Å². The monoisotopic (exact) mass is 431 g/mol. The third-order valence-corrected chi connectivity index (χ3v) is 5.77. The minimum Gasteiger partial charge on any atom is -0.493 e. The Kier molecular flexibility index (Phi) is 7.82. The maximum absolute atomic E-state index is 6.56. The molecule has 6 nitrogen and oxygen atoms in total. The second kappa shape index (κ2) is 10.5. The Labute approximate surface area is 183 Å². The minimum atomic E-state index is -0.107. The molecule has 2 N–H and O–H groups in total. The highest BCUT2D eigenvalue weighted by Gasteiger charge is 2.36. The molecule has 1 aliphatic rings. The van der Waals surface area contributed by atoms with E-state index in [0.717, 1.165) is 42.3 Å². The molecule has 0 aromatic heterocycles. The summed E-state index contributed by atoms with van der Waals surface area (Å²) in [4.78, 5) is 4.39. The number of ether oxygens (including phenoxy) is 3. The van der Waals surface area contributed by atoms with Gasteiger partial charge in [-0.25, -0.2) is 0 Å². The van der Waals surface area contributed by atoms with Crippen LogP contribution in [0.5, 0.6) is 11.5 Å². The van der Waals surface area contributed by atoms with Crippen LogP contribution in [0.2, 0.25) is 5.02 Å². The lowest BCUT2D eigenvalue weighted by atomic mass is 9.74. The largest absolute Gasteiger partial charge is 0.493 e. The van der Waals surface area contributed by atoms with E-state index in [1.54, 1.807) is 14.2 Å². The van der Waals surface area contributed by atoms with Crippen molar-refractivity contribution in [3.05, 3.63) is 53.1 Å². The molecule has 1 saturated heterocycles. The Morgan fingerprint density at radius 1 is 1.17 bits per heavy atom. The Balaban J connectivity index is 1.75. The van der Waals surface area contributed by atoms with Crippen molar-refractivity contribution in [2.45, 2.75) is 25.2 Å². The van der Waals surface area contributed by atoms with Gasteiger partial charge in [0.15, 0.2) is 17.5 Å². The average Bonchev–Trinajstić information content (AvgIpc) is 2.78. The Bertz CT molecular complexity index is 867. The van der Waals surface area contributed by atoms with E-state index < -0.39 is 0 Å². The topological polar surface area (TPSA) is 64.1 Å². The number of halogens is 1. The summed E-state index contributed by atoms with van der Waals surface area (Å²) in [6.45, 7) is 4.65. The normalized spacial score (nSPS) is 16.1. The van der Waals surface area contributed by atoms with Crippen molar-refractivity contribution in [1.82, 2.24) is 5.32 Å². The number of benzene rings is 2. The van der Waals surface area contributed by atoms with Crippen molar-refractivity contribution >= 4 is 23.2 Å². The van der Waals surface area contributed by atoms with Gasteiger partial charge in [0.2, 0.25) is 0 Å². The fraction of sp³-hybridized carbons (Fsp3) is 0.435. The van der Waals surface area contributed by atoms with Crippen LogP contribution in [0.4, 0.5) is 5.69 Å². The first-order valence-corrected chi connectivity index (χ1v) is 10.6. The lowest BCUT2D eigenvalue weighted by Gasteiger charge is -2.38. The highest BCUT2D eigenvalue weighted by molar-refractivity contribution is 6.31. The van der Waals surface area contributed by atoms with Crippen LogP contribution in [-0.4, -0.2) is 46.5 Å². The van der Waals surface area contributed by atoms with Crippen molar-refractivity contribution in [2.75, 3.05) is 45.8 Å². The van der Waals surface area contributed by atoms with Gasteiger partial charge in [-0.05, 0) is 43.5 Å². The third kappa shape index (κ3) is 5.18. The number of anilines is 1. The maximum Gasteiger partial charge on any atom is 0.195 e. The first-order chi connectivity index (χ1) is 14.6. The Morgan fingerprint density at radius 2 is 1.93 bits per heavy atom. The summed E-state index contributed by atoms with van der Waals surface area (Å²) in [5.41, 5.74) is 1.91. The van der Waals surface area contributed by atoms with Crippen LogP contribution >= 0.6 is 11.6 Å². The summed E-state index contributed by atoms with van der Waals surface area (Å²) in [5, 5.41) is 7.62. The number of hydrogen-bond donors (Lipinski definition) is 2. The summed E-state index contributed by atoms with van der Waals surface area (Å²) in [7, 11) is 3.39. The van der Waals surface area contributed by atoms with Gasteiger partial charge in [-0.1, -0.05) is 29.8 Å². The van der Waals surface area contributed by atoms with E-state index in [1.807, 2.05) is 43.3 Å². The maximum atomic E-state index is 6.56. The van der Waals surface area contributed by atoms with Gasteiger partial charge < -0.3 is 24.8 Å². The molecule has 0 amide bonds. The molecule has 7 heteroatoms. The molecule has 30 heavy (non-hydrogen) atoms. The zero-order chi connectivity index (χ0) is 21.4. The van der Waals surface area contributed by atoms with Crippen LogP contribution in [0, 0.1) is 0 Å². The zero-order valence-corrected chi connectivity index (χ0v) is 18.6. The van der Waals surface area contributed by atoms with E-state index in [0.29, 0.717) is 30.6 Å². The second-order valence-electron chi connectivity index (χ2n) is 7.22. The lowest BCUT2D eigenvalue weighted by Crippen LogP contribution is -2.46. The first-order valence-electron chi connectivity index (χ1n) is 10.2. The Hall–Kier alpha value is -2.44. The molecule has 0 bridgehead atoms. The molecule has 2 aromatic rings.